The van der Waals surface area contributed by atoms with E-state index in [2.05, 4.69) is 48.4 Å². The van der Waals surface area contributed by atoms with Crippen LogP contribution in [0, 0.1) is 13.8 Å². The van der Waals surface area contributed by atoms with Gasteiger partial charge >= 0.3 is 0 Å². The molecule has 1 aromatic heterocycles. The normalized spacial score (nSPS) is 12.2. The number of nitrogens with one attached hydrogen (secondary N) is 1. The number of benzene rings is 1. The number of aryl methyl sites for hydroxylation is 2. The molecule has 112 valence electrons. The van der Waals surface area contributed by atoms with Crippen molar-refractivity contribution >= 4 is 0 Å². The summed E-state index contributed by atoms with van der Waals surface area (Å²) in [6.45, 7) is 7.23. The molecule has 2 rings (SSSR count). The summed E-state index contributed by atoms with van der Waals surface area (Å²) < 4.78 is 5.55. The molecule has 0 aliphatic heterocycles. The Morgan fingerprint density at radius 3 is 2.67 bits per heavy atom. The van der Waals surface area contributed by atoms with Gasteiger partial charge < -0.3 is 10.1 Å². The molecule has 0 aliphatic rings. The topological polar surface area (TPSA) is 34.2 Å². The molecule has 0 radical (unpaired) electrons. The van der Waals surface area contributed by atoms with Crippen LogP contribution in [0.2, 0.25) is 0 Å². The Labute approximate surface area is 127 Å². The molecule has 3 nitrogen and oxygen atoms in total. The SMILES string of the molecule is CCCNC(c1cccc(C)n1)c1cc(C)ccc1OC. The number of ether oxygens (including phenoxy) is 1. The molecule has 0 amide bonds. The van der Waals surface area contributed by atoms with Crippen molar-refractivity contribution in [1.82, 2.24) is 10.3 Å². The maximum atomic E-state index is 5.55. The first-order valence-electron chi connectivity index (χ1n) is 7.47. The van der Waals surface area contributed by atoms with Crippen molar-refractivity contribution in [2.24, 2.45) is 0 Å². The third-order valence-electron chi connectivity index (χ3n) is 3.50. The first-order chi connectivity index (χ1) is 10.2. The molecule has 1 aromatic carbocycles. The van der Waals surface area contributed by atoms with Crippen molar-refractivity contribution in [1.29, 1.82) is 0 Å². The Balaban J connectivity index is 2.47. The zero-order chi connectivity index (χ0) is 15.2. The van der Waals surface area contributed by atoms with Gasteiger partial charge in [0.05, 0.1) is 18.8 Å². The van der Waals surface area contributed by atoms with Gasteiger partial charge in [-0.05, 0) is 45.0 Å². The molecule has 0 aliphatic carbocycles. The third kappa shape index (κ3) is 3.82. The molecule has 21 heavy (non-hydrogen) atoms. The van der Waals surface area contributed by atoms with Gasteiger partial charge in [-0.15, -0.1) is 0 Å². The number of aromatic nitrogens is 1. The average Bonchev–Trinajstić information content (AvgIpc) is 2.48. The third-order valence-corrected chi connectivity index (χ3v) is 3.50. The lowest BCUT2D eigenvalue weighted by Crippen LogP contribution is -2.24. The Bertz CT molecular complexity index is 596. The van der Waals surface area contributed by atoms with Gasteiger partial charge in [-0.25, -0.2) is 0 Å². The van der Waals surface area contributed by atoms with Crippen LogP contribution in [0.25, 0.3) is 0 Å². The number of methoxy groups -OCH3 is 1. The minimum atomic E-state index is 0.0553. The highest BCUT2D eigenvalue weighted by molar-refractivity contribution is 5.42. The van der Waals surface area contributed by atoms with Crippen LogP contribution in [-0.2, 0) is 0 Å². The lowest BCUT2D eigenvalue weighted by molar-refractivity contribution is 0.403. The molecular weight excluding hydrogens is 260 g/mol. The zero-order valence-electron chi connectivity index (χ0n) is 13.3. The van der Waals surface area contributed by atoms with Crippen LogP contribution in [0.3, 0.4) is 0 Å². The molecular formula is C18H24N2O. The van der Waals surface area contributed by atoms with Crippen molar-refractivity contribution < 1.29 is 4.74 Å². The van der Waals surface area contributed by atoms with Crippen LogP contribution >= 0.6 is 0 Å². The quantitative estimate of drug-likeness (QED) is 0.876. The number of hydrogen-bond donors (Lipinski definition) is 1. The van der Waals surface area contributed by atoms with E-state index in [0.717, 1.165) is 35.7 Å². The Morgan fingerprint density at radius 1 is 1.19 bits per heavy atom. The monoisotopic (exact) mass is 284 g/mol. The fourth-order valence-corrected chi connectivity index (χ4v) is 2.47. The van der Waals surface area contributed by atoms with E-state index in [4.69, 9.17) is 4.74 Å². The van der Waals surface area contributed by atoms with E-state index in [-0.39, 0.29) is 6.04 Å². The summed E-state index contributed by atoms with van der Waals surface area (Å²) in [5, 5.41) is 3.59. The van der Waals surface area contributed by atoms with E-state index in [1.165, 1.54) is 5.56 Å². The fourth-order valence-electron chi connectivity index (χ4n) is 2.47. The van der Waals surface area contributed by atoms with Crippen LogP contribution in [-0.4, -0.2) is 18.6 Å². The van der Waals surface area contributed by atoms with Gasteiger partial charge in [0, 0.05) is 11.3 Å². The molecule has 0 fully saturated rings. The standard InChI is InChI=1S/C18H24N2O/c1-5-11-19-18(16-8-6-7-14(3)20-16)15-12-13(2)9-10-17(15)21-4/h6-10,12,18-19H,5,11H2,1-4H3. The van der Waals surface area contributed by atoms with Crippen LogP contribution in [0.5, 0.6) is 5.75 Å². The maximum Gasteiger partial charge on any atom is 0.124 e. The average molecular weight is 284 g/mol. The molecule has 2 aromatic rings. The summed E-state index contributed by atoms with van der Waals surface area (Å²) >= 11 is 0. The van der Waals surface area contributed by atoms with E-state index in [0.29, 0.717) is 0 Å². The fraction of sp³-hybridized carbons (Fsp3) is 0.389. The molecule has 1 N–H and O–H groups in total. The summed E-state index contributed by atoms with van der Waals surface area (Å²) in [5.41, 5.74) is 4.43. The number of nitrogens with zero attached hydrogens (tertiary/aromatic N) is 1. The van der Waals surface area contributed by atoms with Crippen molar-refractivity contribution in [3.05, 3.63) is 58.9 Å². The number of rotatable bonds is 6. The van der Waals surface area contributed by atoms with E-state index in [9.17, 15) is 0 Å². The van der Waals surface area contributed by atoms with E-state index >= 15 is 0 Å². The summed E-state index contributed by atoms with van der Waals surface area (Å²) in [5.74, 6) is 0.900. The first kappa shape index (κ1) is 15.5. The molecule has 1 unspecified atom stereocenters. The Hall–Kier alpha value is -1.87. The summed E-state index contributed by atoms with van der Waals surface area (Å²) in [4.78, 5) is 4.69. The second-order valence-electron chi connectivity index (χ2n) is 5.34. The first-order valence-corrected chi connectivity index (χ1v) is 7.47. The van der Waals surface area contributed by atoms with Crippen molar-refractivity contribution in [3.63, 3.8) is 0 Å². The van der Waals surface area contributed by atoms with Gasteiger partial charge in [0.1, 0.15) is 5.75 Å². The summed E-state index contributed by atoms with van der Waals surface area (Å²) in [6, 6.07) is 12.5. The minimum Gasteiger partial charge on any atom is -0.496 e. The van der Waals surface area contributed by atoms with E-state index in [1.807, 2.05) is 19.1 Å². The van der Waals surface area contributed by atoms with Crippen molar-refractivity contribution in [2.45, 2.75) is 33.2 Å². The molecule has 1 atom stereocenters. The van der Waals surface area contributed by atoms with Gasteiger partial charge in [-0.3, -0.25) is 4.98 Å². The zero-order valence-corrected chi connectivity index (χ0v) is 13.3. The summed E-state index contributed by atoms with van der Waals surface area (Å²) in [7, 11) is 1.72. The largest absolute Gasteiger partial charge is 0.496 e. The predicted octanol–water partition coefficient (Wildman–Crippen LogP) is 3.80. The second kappa shape index (κ2) is 7.23. The van der Waals surface area contributed by atoms with Gasteiger partial charge in [-0.1, -0.05) is 30.7 Å². The lowest BCUT2D eigenvalue weighted by atomic mass is 9.99. The second-order valence-corrected chi connectivity index (χ2v) is 5.34. The lowest BCUT2D eigenvalue weighted by Gasteiger charge is -2.21. The van der Waals surface area contributed by atoms with Gasteiger partial charge in [0.25, 0.3) is 0 Å². The van der Waals surface area contributed by atoms with Gasteiger partial charge in [-0.2, -0.15) is 0 Å². The highest BCUT2D eigenvalue weighted by atomic mass is 16.5. The van der Waals surface area contributed by atoms with E-state index < -0.39 is 0 Å². The van der Waals surface area contributed by atoms with Crippen LogP contribution in [0.15, 0.2) is 36.4 Å². The van der Waals surface area contributed by atoms with Gasteiger partial charge in [0.2, 0.25) is 0 Å². The Kier molecular flexibility index (Phi) is 5.34. The Morgan fingerprint density at radius 2 is 2.00 bits per heavy atom. The van der Waals surface area contributed by atoms with Crippen LogP contribution in [0.4, 0.5) is 0 Å². The molecule has 0 saturated heterocycles. The highest BCUT2D eigenvalue weighted by Gasteiger charge is 2.19. The molecule has 0 saturated carbocycles. The maximum absolute atomic E-state index is 5.55. The molecule has 1 heterocycles. The summed E-state index contributed by atoms with van der Waals surface area (Å²) in [6.07, 6.45) is 1.08. The smallest absolute Gasteiger partial charge is 0.124 e. The molecule has 0 spiro atoms. The molecule has 3 heteroatoms. The number of hydrogen-bond acceptors (Lipinski definition) is 3. The van der Waals surface area contributed by atoms with Crippen molar-refractivity contribution in [3.8, 4) is 5.75 Å². The van der Waals surface area contributed by atoms with E-state index in [1.54, 1.807) is 7.11 Å². The van der Waals surface area contributed by atoms with Crippen LogP contribution < -0.4 is 10.1 Å². The predicted molar refractivity (Wildman–Crippen MR) is 86.8 cm³/mol. The van der Waals surface area contributed by atoms with Crippen molar-refractivity contribution in [2.75, 3.05) is 13.7 Å². The highest BCUT2D eigenvalue weighted by Crippen LogP contribution is 2.30. The number of pyridine rings is 1. The minimum absolute atomic E-state index is 0.0553. The molecule has 0 bridgehead atoms. The van der Waals surface area contributed by atoms with Gasteiger partial charge in [0.15, 0.2) is 0 Å². The van der Waals surface area contributed by atoms with Crippen LogP contribution in [0.1, 0.15) is 41.9 Å².